The van der Waals surface area contributed by atoms with E-state index in [-0.39, 0.29) is 30.6 Å². The molecule has 156 valence electrons. The zero-order chi connectivity index (χ0) is 19.7. The van der Waals surface area contributed by atoms with Gasteiger partial charge in [0.05, 0.1) is 19.7 Å². The summed E-state index contributed by atoms with van der Waals surface area (Å²) in [7, 11) is 1.81. The molecule has 1 aromatic carbocycles. The molecule has 2 N–H and O–H groups in total. The second-order valence-corrected chi connectivity index (χ2v) is 5.78. The lowest BCUT2D eigenvalue weighted by Gasteiger charge is -2.11. The molecule has 0 amide bonds. The molecule has 7 nitrogen and oxygen atoms in total. The number of alkyl halides is 3. The van der Waals surface area contributed by atoms with E-state index < -0.39 is 12.8 Å². The SMILES string of the molecule is CCNC(=NCc1cccc(COCC(F)(F)F)c1)NCc1ncnn1C.I. The summed E-state index contributed by atoms with van der Waals surface area (Å²) < 4.78 is 42.8. The van der Waals surface area contributed by atoms with Gasteiger partial charge in [-0.3, -0.25) is 4.68 Å². The third kappa shape index (κ3) is 8.87. The molecule has 1 aromatic heterocycles. The van der Waals surface area contributed by atoms with Crippen molar-refractivity contribution in [1.29, 1.82) is 0 Å². The lowest BCUT2D eigenvalue weighted by molar-refractivity contribution is -0.176. The van der Waals surface area contributed by atoms with Gasteiger partial charge in [-0.25, -0.2) is 9.98 Å². The van der Waals surface area contributed by atoms with Crippen LogP contribution in [0.2, 0.25) is 0 Å². The number of benzene rings is 1. The molecule has 0 saturated carbocycles. The minimum absolute atomic E-state index is 0. The van der Waals surface area contributed by atoms with Gasteiger partial charge in [-0.1, -0.05) is 24.3 Å². The number of nitrogens with one attached hydrogen (secondary N) is 2. The summed E-state index contributed by atoms with van der Waals surface area (Å²) in [6, 6.07) is 7.15. The Labute approximate surface area is 178 Å². The van der Waals surface area contributed by atoms with Crippen molar-refractivity contribution in [3.63, 3.8) is 0 Å². The fraction of sp³-hybridized carbons (Fsp3) is 0.471. The van der Waals surface area contributed by atoms with Gasteiger partial charge in [0.25, 0.3) is 0 Å². The van der Waals surface area contributed by atoms with Crippen LogP contribution in [-0.2, 0) is 31.5 Å². The minimum atomic E-state index is -4.32. The van der Waals surface area contributed by atoms with E-state index in [9.17, 15) is 13.2 Å². The zero-order valence-electron chi connectivity index (χ0n) is 15.7. The van der Waals surface area contributed by atoms with Gasteiger partial charge >= 0.3 is 6.18 Å². The first-order valence-corrected chi connectivity index (χ1v) is 8.44. The van der Waals surface area contributed by atoms with E-state index in [1.54, 1.807) is 29.9 Å². The Morgan fingerprint density at radius 2 is 2.00 bits per heavy atom. The number of halogens is 4. The van der Waals surface area contributed by atoms with E-state index in [1.165, 1.54) is 6.33 Å². The Morgan fingerprint density at radius 1 is 1.25 bits per heavy atom. The van der Waals surface area contributed by atoms with Crippen LogP contribution in [-0.4, -0.2) is 40.1 Å². The Balaban J connectivity index is 0.00000392. The summed E-state index contributed by atoms with van der Waals surface area (Å²) in [6.45, 7) is 2.14. The predicted octanol–water partition coefficient (Wildman–Crippen LogP) is 2.77. The third-order valence-electron chi connectivity index (χ3n) is 3.51. The molecule has 2 rings (SSSR count). The Hall–Kier alpha value is -1.89. The summed E-state index contributed by atoms with van der Waals surface area (Å²) in [5.74, 6) is 1.38. The molecule has 0 radical (unpaired) electrons. The summed E-state index contributed by atoms with van der Waals surface area (Å²) in [5, 5.41) is 10.3. The molecule has 0 saturated heterocycles. The van der Waals surface area contributed by atoms with E-state index in [0.29, 0.717) is 31.2 Å². The molecule has 0 aliphatic carbocycles. The maximum absolute atomic E-state index is 12.2. The zero-order valence-corrected chi connectivity index (χ0v) is 18.0. The Morgan fingerprint density at radius 3 is 2.64 bits per heavy atom. The first kappa shape index (κ1) is 24.1. The van der Waals surface area contributed by atoms with Crippen LogP contribution in [0.1, 0.15) is 23.9 Å². The molecule has 0 atom stereocenters. The maximum Gasteiger partial charge on any atom is 0.411 e. The average Bonchev–Trinajstić information content (AvgIpc) is 3.02. The average molecular weight is 512 g/mol. The summed E-state index contributed by atoms with van der Waals surface area (Å²) >= 11 is 0. The van der Waals surface area contributed by atoms with Gasteiger partial charge in [0.2, 0.25) is 0 Å². The first-order chi connectivity index (χ1) is 12.9. The summed E-state index contributed by atoms with van der Waals surface area (Å²) in [6.07, 6.45) is -2.84. The topological polar surface area (TPSA) is 76.4 Å². The van der Waals surface area contributed by atoms with Crippen molar-refractivity contribution >= 4 is 29.9 Å². The molecule has 0 unspecified atom stereocenters. The minimum Gasteiger partial charge on any atom is -0.367 e. The number of aliphatic imine (C=N–C) groups is 1. The smallest absolute Gasteiger partial charge is 0.367 e. The lowest BCUT2D eigenvalue weighted by Crippen LogP contribution is -2.37. The number of guanidine groups is 1. The van der Waals surface area contributed by atoms with Gasteiger partial charge in [0.15, 0.2) is 5.96 Å². The van der Waals surface area contributed by atoms with Gasteiger partial charge in [-0.2, -0.15) is 18.3 Å². The van der Waals surface area contributed by atoms with Crippen LogP contribution in [0.5, 0.6) is 0 Å². The van der Waals surface area contributed by atoms with Crippen molar-refractivity contribution in [2.45, 2.75) is 32.8 Å². The number of rotatable bonds is 8. The van der Waals surface area contributed by atoms with Gasteiger partial charge in [0, 0.05) is 13.6 Å². The molecule has 1 heterocycles. The van der Waals surface area contributed by atoms with Crippen molar-refractivity contribution in [3.05, 3.63) is 47.5 Å². The molecular weight excluding hydrogens is 488 g/mol. The van der Waals surface area contributed by atoms with Crippen molar-refractivity contribution < 1.29 is 17.9 Å². The standard InChI is InChI=1S/C17H23F3N6O.HI/c1-3-21-16(23-9-15-24-12-25-26(15)2)22-8-13-5-4-6-14(7-13)10-27-11-17(18,19)20;/h4-7,12H,3,8-11H2,1-2H3,(H2,21,22,23);1H. The second kappa shape index (κ2) is 11.8. The molecule has 0 fully saturated rings. The van der Waals surface area contributed by atoms with Crippen LogP contribution >= 0.6 is 24.0 Å². The summed E-state index contributed by atoms with van der Waals surface area (Å²) in [5.41, 5.74) is 1.54. The van der Waals surface area contributed by atoms with E-state index in [4.69, 9.17) is 4.74 Å². The van der Waals surface area contributed by atoms with Crippen LogP contribution in [0.15, 0.2) is 35.6 Å². The molecular formula is C17H24F3IN6O. The fourth-order valence-electron chi connectivity index (χ4n) is 2.26. The van der Waals surface area contributed by atoms with Gasteiger partial charge in [-0.15, -0.1) is 24.0 Å². The molecule has 28 heavy (non-hydrogen) atoms. The lowest BCUT2D eigenvalue weighted by atomic mass is 10.1. The van der Waals surface area contributed by atoms with E-state index in [1.807, 2.05) is 13.0 Å². The number of aryl methyl sites for hydroxylation is 1. The molecule has 2 aromatic rings. The van der Waals surface area contributed by atoms with Crippen LogP contribution in [0.3, 0.4) is 0 Å². The summed E-state index contributed by atoms with van der Waals surface area (Å²) in [4.78, 5) is 8.63. The highest BCUT2D eigenvalue weighted by molar-refractivity contribution is 14.0. The van der Waals surface area contributed by atoms with Crippen LogP contribution in [0.25, 0.3) is 0 Å². The number of hydrogen-bond donors (Lipinski definition) is 2. The normalized spacial score (nSPS) is 11.8. The molecule has 0 aliphatic rings. The highest BCUT2D eigenvalue weighted by Gasteiger charge is 2.27. The van der Waals surface area contributed by atoms with Gasteiger partial charge < -0.3 is 15.4 Å². The van der Waals surface area contributed by atoms with Gasteiger partial charge in [0.1, 0.15) is 18.8 Å². The van der Waals surface area contributed by atoms with Crippen molar-refractivity contribution in [1.82, 2.24) is 25.4 Å². The second-order valence-electron chi connectivity index (χ2n) is 5.78. The third-order valence-corrected chi connectivity index (χ3v) is 3.51. The maximum atomic E-state index is 12.2. The highest BCUT2D eigenvalue weighted by Crippen LogP contribution is 2.16. The number of hydrogen-bond acceptors (Lipinski definition) is 4. The largest absolute Gasteiger partial charge is 0.411 e. The molecule has 0 aliphatic heterocycles. The number of aromatic nitrogens is 3. The first-order valence-electron chi connectivity index (χ1n) is 8.44. The van der Waals surface area contributed by atoms with Crippen molar-refractivity contribution in [2.75, 3.05) is 13.2 Å². The quantitative estimate of drug-likeness (QED) is 0.324. The number of ether oxygens (including phenoxy) is 1. The molecule has 0 bridgehead atoms. The van der Waals surface area contributed by atoms with Crippen molar-refractivity contribution in [2.24, 2.45) is 12.0 Å². The van der Waals surface area contributed by atoms with Crippen LogP contribution in [0.4, 0.5) is 13.2 Å². The van der Waals surface area contributed by atoms with Crippen LogP contribution in [0, 0.1) is 0 Å². The molecule has 0 spiro atoms. The molecule has 11 heteroatoms. The van der Waals surface area contributed by atoms with Crippen molar-refractivity contribution in [3.8, 4) is 0 Å². The Bertz CT molecular complexity index is 750. The van der Waals surface area contributed by atoms with E-state index >= 15 is 0 Å². The van der Waals surface area contributed by atoms with E-state index in [2.05, 4.69) is 25.7 Å². The predicted molar refractivity (Wildman–Crippen MR) is 110 cm³/mol. The Kier molecular flexibility index (Phi) is 10.2. The highest BCUT2D eigenvalue weighted by atomic mass is 127. The van der Waals surface area contributed by atoms with Crippen LogP contribution < -0.4 is 10.6 Å². The van der Waals surface area contributed by atoms with E-state index in [0.717, 1.165) is 11.4 Å². The monoisotopic (exact) mass is 512 g/mol. The van der Waals surface area contributed by atoms with Gasteiger partial charge in [-0.05, 0) is 18.1 Å². The number of nitrogens with zero attached hydrogens (tertiary/aromatic N) is 4. The fourth-order valence-corrected chi connectivity index (χ4v) is 2.26.